The standard InChI is InChI=1S/C33H29ClFN3O3S/c1-21(2)22-11-13-24(14-12-22)36-31(39)20-42-26-17-15-25(16-18-26)37-33(41)30(19-27-28(34)9-6-10-29(27)35)38-32(40)23-7-4-3-5-8-23/h3-19,21H,20H2,1-2H3,(H,36,39)(H,37,41)(H,38,40)/b30-19-. The van der Waals surface area contributed by atoms with Crippen molar-refractivity contribution in [1.29, 1.82) is 0 Å². The number of amides is 3. The van der Waals surface area contributed by atoms with Crippen molar-refractivity contribution >= 4 is 58.5 Å². The fraction of sp³-hybridized carbons (Fsp3) is 0.121. The second kappa shape index (κ2) is 14.5. The zero-order valence-electron chi connectivity index (χ0n) is 23.0. The molecule has 0 aliphatic carbocycles. The first kappa shape index (κ1) is 30.6. The van der Waals surface area contributed by atoms with Crippen LogP contribution < -0.4 is 16.0 Å². The molecule has 9 heteroatoms. The maximum absolute atomic E-state index is 14.5. The average Bonchev–Trinajstić information content (AvgIpc) is 2.98. The van der Waals surface area contributed by atoms with Gasteiger partial charge in [0.25, 0.3) is 11.8 Å². The number of carbonyl (C=O) groups excluding carboxylic acids is 3. The van der Waals surface area contributed by atoms with Crippen LogP contribution in [-0.2, 0) is 9.59 Å². The maximum Gasteiger partial charge on any atom is 0.272 e. The highest BCUT2D eigenvalue weighted by Gasteiger charge is 2.17. The van der Waals surface area contributed by atoms with Crippen molar-refractivity contribution in [3.8, 4) is 0 Å². The summed E-state index contributed by atoms with van der Waals surface area (Å²) >= 11 is 7.52. The number of benzene rings is 4. The van der Waals surface area contributed by atoms with E-state index in [1.165, 1.54) is 41.6 Å². The first-order valence-electron chi connectivity index (χ1n) is 13.2. The van der Waals surface area contributed by atoms with Gasteiger partial charge in [-0.3, -0.25) is 14.4 Å². The van der Waals surface area contributed by atoms with Crippen LogP contribution in [0.2, 0.25) is 5.02 Å². The average molecular weight is 602 g/mol. The second-order valence-corrected chi connectivity index (χ2v) is 11.1. The van der Waals surface area contributed by atoms with Gasteiger partial charge in [0, 0.05) is 27.4 Å². The number of thioether (sulfide) groups is 1. The summed E-state index contributed by atoms with van der Waals surface area (Å²) in [7, 11) is 0. The number of hydrogen-bond donors (Lipinski definition) is 3. The van der Waals surface area contributed by atoms with Gasteiger partial charge in [0.1, 0.15) is 11.5 Å². The number of halogens is 2. The SMILES string of the molecule is CC(C)c1ccc(NC(=O)CSc2ccc(NC(=O)/C(=C/c3c(F)cccc3Cl)NC(=O)c3ccccc3)cc2)cc1. The van der Waals surface area contributed by atoms with E-state index in [-0.39, 0.29) is 27.9 Å². The second-order valence-electron chi connectivity index (χ2n) is 9.61. The third kappa shape index (κ3) is 8.55. The van der Waals surface area contributed by atoms with E-state index in [1.54, 1.807) is 54.6 Å². The monoisotopic (exact) mass is 601 g/mol. The zero-order chi connectivity index (χ0) is 30.1. The molecule has 4 aromatic carbocycles. The van der Waals surface area contributed by atoms with Gasteiger partial charge in [0.2, 0.25) is 5.91 Å². The molecular formula is C33H29ClFN3O3S. The van der Waals surface area contributed by atoms with Crippen molar-refractivity contribution in [2.24, 2.45) is 0 Å². The van der Waals surface area contributed by atoms with E-state index >= 15 is 0 Å². The van der Waals surface area contributed by atoms with Crippen LogP contribution in [0.15, 0.2) is 108 Å². The Hall–Kier alpha value is -4.40. The van der Waals surface area contributed by atoms with E-state index in [0.29, 0.717) is 17.2 Å². The highest BCUT2D eigenvalue weighted by molar-refractivity contribution is 8.00. The van der Waals surface area contributed by atoms with Crippen molar-refractivity contribution < 1.29 is 18.8 Å². The molecule has 0 aliphatic rings. The molecule has 42 heavy (non-hydrogen) atoms. The molecule has 0 saturated heterocycles. The molecule has 214 valence electrons. The van der Waals surface area contributed by atoms with Crippen LogP contribution in [0, 0.1) is 5.82 Å². The predicted molar refractivity (Wildman–Crippen MR) is 168 cm³/mol. The summed E-state index contributed by atoms with van der Waals surface area (Å²) in [5.41, 5.74) is 2.49. The van der Waals surface area contributed by atoms with Crippen LogP contribution in [-0.4, -0.2) is 23.5 Å². The molecular weight excluding hydrogens is 573 g/mol. The molecule has 0 bridgehead atoms. The Kier molecular flexibility index (Phi) is 10.5. The van der Waals surface area contributed by atoms with Crippen LogP contribution >= 0.6 is 23.4 Å². The third-order valence-corrected chi connectivity index (χ3v) is 7.50. The molecule has 0 aromatic heterocycles. The van der Waals surface area contributed by atoms with Gasteiger partial charge in [-0.25, -0.2) is 4.39 Å². The van der Waals surface area contributed by atoms with Crippen molar-refractivity contribution in [1.82, 2.24) is 5.32 Å². The Balaban J connectivity index is 1.41. The number of anilines is 2. The van der Waals surface area contributed by atoms with Crippen LogP contribution in [0.4, 0.5) is 15.8 Å². The van der Waals surface area contributed by atoms with Crippen LogP contribution in [0.3, 0.4) is 0 Å². The Morgan fingerprint density at radius 3 is 2.12 bits per heavy atom. The molecule has 0 atom stereocenters. The predicted octanol–water partition coefficient (Wildman–Crippen LogP) is 7.74. The van der Waals surface area contributed by atoms with Gasteiger partial charge in [-0.2, -0.15) is 0 Å². The van der Waals surface area contributed by atoms with Gasteiger partial charge < -0.3 is 16.0 Å². The lowest BCUT2D eigenvalue weighted by atomic mass is 10.0. The van der Waals surface area contributed by atoms with E-state index in [2.05, 4.69) is 29.8 Å². The first-order chi connectivity index (χ1) is 20.2. The molecule has 0 saturated carbocycles. The number of carbonyl (C=O) groups is 3. The topological polar surface area (TPSA) is 87.3 Å². The Bertz CT molecular complexity index is 1570. The molecule has 4 aromatic rings. The Morgan fingerprint density at radius 2 is 1.48 bits per heavy atom. The van der Waals surface area contributed by atoms with E-state index in [4.69, 9.17) is 11.6 Å². The van der Waals surface area contributed by atoms with Gasteiger partial charge in [0.15, 0.2) is 0 Å². The molecule has 4 rings (SSSR count). The third-order valence-electron chi connectivity index (χ3n) is 6.16. The Morgan fingerprint density at radius 1 is 0.833 bits per heavy atom. The quantitative estimate of drug-likeness (QED) is 0.128. The summed E-state index contributed by atoms with van der Waals surface area (Å²) in [5.74, 6) is -1.35. The number of hydrogen-bond acceptors (Lipinski definition) is 4. The van der Waals surface area contributed by atoms with Crippen molar-refractivity contribution in [2.75, 3.05) is 16.4 Å². The number of nitrogens with one attached hydrogen (secondary N) is 3. The summed E-state index contributed by atoms with van der Waals surface area (Å²) in [6, 6.07) is 27.2. The van der Waals surface area contributed by atoms with Gasteiger partial charge in [0.05, 0.1) is 10.8 Å². The normalized spacial score (nSPS) is 11.2. The van der Waals surface area contributed by atoms with Gasteiger partial charge in [-0.05, 0) is 78.2 Å². The highest BCUT2D eigenvalue weighted by Crippen LogP contribution is 2.24. The summed E-state index contributed by atoms with van der Waals surface area (Å²) in [5, 5.41) is 8.26. The molecule has 3 amide bonds. The molecule has 0 heterocycles. The maximum atomic E-state index is 14.5. The molecule has 3 N–H and O–H groups in total. The minimum atomic E-state index is -0.665. The molecule has 0 spiro atoms. The van der Waals surface area contributed by atoms with Crippen LogP contribution in [0.1, 0.15) is 41.3 Å². The van der Waals surface area contributed by atoms with E-state index in [1.807, 2.05) is 24.3 Å². The van der Waals surface area contributed by atoms with Gasteiger partial charge in [-0.15, -0.1) is 11.8 Å². The van der Waals surface area contributed by atoms with Crippen LogP contribution in [0.5, 0.6) is 0 Å². The van der Waals surface area contributed by atoms with Crippen molar-refractivity contribution in [2.45, 2.75) is 24.7 Å². The van der Waals surface area contributed by atoms with Crippen LogP contribution in [0.25, 0.3) is 6.08 Å². The first-order valence-corrected chi connectivity index (χ1v) is 14.5. The molecule has 0 unspecified atom stereocenters. The van der Waals surface area contributed by atoms with Crippen molar-refractivity contribution in [3.63, 3.8) is 0 Å². The van der Waals surface area contributed by atoms with E-state index in [0.717, 1.165) is 10.6 Å². The summed E-state index contributed by atoms with van der Waals surface area (Å²) < 4.78 is 14.5. The van der Waals surface area contributed by atoms with Crippen molar-refractivity contribution in [3.05, 3.63) is 130 Å². The Labute approximate surface area is 253 Å². The molecule has 0 fully saturated rings. The van der Waals surface area contributed by atoms with E-state index < -0.39 is 17.6 Å². The van der Waals surface area contributed by atoms with Gasteiger partial charge in [-0.1, -0.05) is 61.8 Å². The highest BCUT2D eigenvalue weighted by atomic mass is 35.5. The molecule has 0 aliphatic heterocycles. The zero-order valence-corrected chi connectivity index (χ0v) is 24.6. The molecule has 6 nitrogen and oxygen atoms in total. The van der Waals surface area contributed by atoms with E-state index in [9.17, 15) is 18.8 Å². The minimum Gasteiger partial charge on any atom is -0.325 e. The largest absolute Gasteiger partial charge is 0.325 e. The lowest BCUT2D eigenvalue weighted by Crippen LogP contribution is -2.30. The fourth-order valence-electron chi connectivity index (χ4n) is 3.87. The smallest absolute Gasteiger partial charge is 0.272 e. The molecule has 0 radical (unpaired) electrons. The summed E-state index contributed by atoms with van der Waals surface area (Å²) in [6.45, 7) is 4.23. The lowest BCUT2D eigenvalue weighted by molar-refractivity contribution is -0.114. The number of rotatable bonds is 10. The minimum absolute atomic E-state index is 0.0291. The van der Waals surface area contributed by atoms with Gasteiger partial charge >= 0.3 is 0 Å². The lowest BCUT2D eigenvalue weighted by Gasteiger charge is -2.12. The summed E-state index contributed by atoms with van der Waals surface area (Å²) in [4.78, 5) is 39.3. The summed E-state index contributed by atoms with van der Waals surface area (Å²) in [6.07, 6.45) is 1.20. The fourth-order valence-corrected chi connectivity index (χ4v) is 4.78.